The Morgan fingerprint density at radius 2 is 1.85 bits per heavy atom. The van der Waals surface area contributed by atoms with Crippen molar-refractivity contribution < 1.29 is 9.59 Å². The molecule has 1 heterocycles. The molecule has 1 aliphatic heterocycles. The molecule has 0 aromatic rings. The molecule has 112 valence electrons. The van der Waals surface area contributed by atoms with E-state index in [4.69, 9.17) is 5.73 Å². The fraction of sp³-hybridized carbons (Fsp3) is 0.867. The number of nitrogens with one attached hydrogen (secondary N) is 1. The third-order valence-corrected chi connectivity index (χ3v) is 5.46. The van der Waals surface area contributed by atoms with E-state index in [9.17, 15) is 9.59 Å². The van der Waals surface area contributed by atoms with E-state index in [1.165, 1.54) is 0 Å². The van der Waals surface area contributed by atoms with Crippen LogP contribution in [0.25, 0.3) is 0 Å². The predicted octanol–water partition coefficient (Wildman–Crippen LogP) is 0.633. The predicted molar refractivity (Wildman–Crippen MR) is 75.8 cm³/mol. The van der Waals surface area contributed by atoms with Crippen molar-refractivity contribution in [3.63, 3.8) is 0 Å². The lowest BCUT2D eigenvalue weighted by Gasteiger charge is -2.30. The zero-order valence-corrected chi connectivity index (χ0v) is 12.1. The highest BCUT2D eigenvalue weighted by Crippen LogP contribution is 2.59. The maximum atomic E-state index is 12.8. The monoisotopic (exact) mass is 279 g/mol. The van der Waals surface area contributed by atoms with Crippen LogP contribution in [-0.2, 0) is 9.59 Å². The molecule has 3 fully saturated rings. The molecule has 0 bridgehead atoms. The van der Waals surface area contributed by atoms with E-state index in [1.54, 1.807) is 4.90 Å². The average molecular weight is 279 g/mol. The number of carbonyl (C=O) groups excluding carboxylic acids is 2. The van der Waals surface area contributed by atoms with E-state index in [2.05, 4.69) is 5.32 Å². The van der Waals surface area contributed by atoms with Gasteiger partial charge in [0, 0.05) is 12.0 Å². The van der Waals surface area contributed by atoms with Crippen molar-refractivity contribution >= 4 is 11.8 Å². The van der Waals surface area contributed by atoms with Crippen LogP contribution in [0.1, 0.15) is 44.9 Å². The van der Waals surface area contributed by atoms with Gasteiger partial charge in [-0.3, -0.25) is 9.59 Å². The van der Waals surface area contributed by atoms with Gasteiger partial charge in [-0.15, -0.1) is 0 Å². The van der Waals surface area contributed by atoms with Gasteiger partial charge in [-0.05, 0) is 50.6 Å². The summed E-state index contributed by atoms with van der Waals surface area (Å²) in [5, 5.41) is 3.36. The van der Waals surface area contributed by atoms with Crippen molar-refractivity contribution in [3.05, 3.63) is 0 Å². The Bertz CT molecular complexity index is 398. The Kier molecular flexibility index (Phi) is 3.71. The first kappa shape index (κ1) is 13.9. The van der Waals surface area contributed by atoms with Crippen molar-refractivity contribution in [2.45, 2.75) is 51.0 Å². The molecule has 2 aliphatic carbocycles. The van der Waals surface area contributed by atoms with Crippen LogP contribution in [0, 0.1) is 11.3 Å². The normalized spacial score (nSPS) is 28.5. The number of piperidine rings is 1. The summed E-state index contributed by atoms with van der Waals surface area (Å²) >= 11 is 0. The molecule has 2 amide bonds. The highest BCUT2D eigenvalue weighted by Gasteiger charge is 2.59. The molecule has 20 heavy (non-hydrogen) atoms. The molecule has 5 heteroatoms. The minimum absolute atomic E-state index is 0.105. The van der Waals surface area contributed by atoms with Crippen LogP contribution in [0.2, 0.25) is 0 Å². The Morgan fingerprint density at radius 1 is 1.20 bits per heavy atom. The van der Waals surface area contributed by atoms with Gasteiger partial charge in [-0.25, -0.2) is 0 Å². The van der Waals surface area contributed by atoms with Crippen LogP contribution in [0.15, 0.2) is 0 Å². The first-order chi connectivity index (χ1) is 9.62. The van der Waals surface area contributed by atoms with Crippen molar-refractivity contribution in [2.24, 2.45) is 17.1 Å². The molecule has 3 aliphatic rings. The topological polar surface area (TPSA) is 75.4 Å². The quantitative estimate of drug-likeness (QED) is 0.792. The highest BCUT2D eigenvalue weighted by molar-refractivity contribution is 5.87. The number of nitrogens with zero attached hydrogens (tertiary/aromatic N) is 1. The van der Waals surface area contributed by atoms with Gasteiger partial charge in [0.25, 0.3) is 0 Å². The van der Waals surface area contributed by atoms with Gasteiger partial charge >= 0.3 is 0 Å². The summed E-state index contributed by atoms with van der Waals surface area (Å²) in [6, 6.07) is 0.245. The Morgan fingerprint density at radius 3 is 2.45 bits per heavy atom. The lowest BCUT2D eigenvalue weighted by molar-refractivity contribution is -0.139. The number of carbonyl (C=O) groups is 2. The van der Waals surface area contributed by atoms with Crippen LogP contribution in [0.4, 0.5) is 0 Å². The van der Waals surface area contributed by atoms with Crippen molar-refractivity contribution in [1.29, 1.82) is 0 Å². The molecule has 1 spiro atoms. The summed E-state index contributed by atoms with van der Waals surface area (Å²) in [6.45, 7) is 2.14. The molecule has 2 saturated carbocycles. The van der Waals surface area contributed by atoms with E-state index in [0.29, 0.717) is 0 Å². The summed E-state index contributed by atoms with van der Waals surface area (Å²) in [5.41, 5.74) is 5.58. The number of amides is 2. The Labute approximate surface area is 120 Å². The minimum Gasteiger partial charge on any atom is -0.368 e. The van der Waals surface area contributed by atoms with E-state index >= 15 is 0 Å². The standard InChI is InChI=1S/C15H25N3O2/c16-13(19)10-18(11-3-1-2-4-11)14(20)12-9-15(12)5-7-17-8-6-15/h11-12,17H,1-10H2,(H2,16,19). The van der Waals surface area contributed by atoms with Crippen LogP contribution < -0.4 is 11.1 Å². The number of hydrogen-bond donors (Lipinski definition) is 2. The van der Waals surface area contributed by atoms with Gasteiger partial charge in [0.2, 0.25) is 11.8 Å². The fourth-order valence-electron chi connectivity index (χ4n) is 4.15. The molecule has 0 radical (unpaired) electrons. The summed E-state index contributed by atoms with van der Waals surface area (Å²) < 4.78 is 0. The van der Waals surface area contributed by atoms with E-state index in [-0.39, 0.29) is 35.7 Å². The van der Waals surface area contributed by atoms with Gasteiger partial charge in [0.1, 0.15) is 0 Å². The van der Waals surface area contributed by atoms with Gasteiger partial charge in [-0.2, -0.15) is 0 Å². The zero-order chi connectivity index (χ0) is 14.2. The van der Waals surface area contributed by atoms with Crippen LogP contribution in [0.5, 0.6) is 0 Å². The third kappa shape index (κ3) is 2.55. The lowest BCUT2D eigenvalue weighted by atomic mass is 9.91. The van der Waals surface area contributed by atoms with Crippen molar-refractivity contribution in [2.75, 3.05) is 19.6 Å². The second-order valence-corrected chi connectivity index (χ2v) is 6.74. The van der Waals surface area contributed by atoms with E-state index < -0.39 is 0 Å². The van der Waals surface area contributed by atoms with Gasteiger partial charge in [0.05, 0.1) is 6.54 Å². The molecule has 1 unspecified atom stereocenters. The van der Waals surface area contributed by atoms with Crippen LogP contribution in [0.3, 0.4) is 0 Å². The second-order valence-electron chi connectivity index (χ2n) is 6.74. The summed E-state index contributed by atoms with van der Waals surface area (Å²) in [4.78, 5) is 25.9. The first-order valence-electron chi connectivity index (χ1n) is 7.92. The number of hydrogen-bond acceptors (Lipinski definition) is 3. The van der Waals surface area contributed by atoms with Gasteiger partial charge in [-0.1, -0.05) is 12.8 Å². The Hall–Kier alpha value is -1.10. The number of rotatable bonds is 4. The van der Waals surface area contributed by atoms with Crippen LogP contribution in [-0.4, -0.2) is 42.4 Å². The lowest BCUT2D eigenvalue weighted by Crippen LogP contribution is -2.46. The van der Waals surface area contributed by atoms with Crippen molar-refractivity contribution in [1.82, 2.24) is 10.2 Å². The average Bonchev–Trinajstić information content (AvgIpc) is 2.90. The summed E-state index contributed by atoms with van der Waals surface area (Å²) in [7, 11) is 0. The summed E-state index contributed by atoms with van der Waals surface area (Å²) in [6.07, 6.45) is 7.58. The largest absolute Gasteiger partial charge is 0.368 e. The molecular formula is C15H25N3O2. The van der Waals surface area contributed by atoms with Crippen molar-refractivity contribution in [3.8, 4) is 0 Å². The molecule has 3 N–H and O–H groups in total. The molecular weight excluding hydrogens is 254 g/mol. The zero-order valence-electron chi connectivity index (χ0n) is 12.1. The highest BCUT2D eigenvalue weighted by atomic mass is 16.2. The first-order valence-corrected chi connectivity index (χ1v) is 7.92. The second kappa shape index (κ2) is 5.35. The fourth-order valence-corrected chi connectivity index (χ4v) is 4.15. The molecule has 1 atom stereocenters. The van der Waals surface area contributed by atoms with Gasteiger partial charge in [0.15, 0.2) is 0 Å². The number of primary amides is 1. The van der Waals surface area contributed by atoms with Crippen LogP contribution >= 0.6 is 0 Å². The van der Waals surface area contributed by atoms with Gasteiger partial charge < -0.3 is 16.0 Å². The SMILES string of the molecule is NC(=O)CN(C(=O)C1CC12CCNCC2)C1CCCC1. The summed E-state index contributed by atoms with van der Waals surface area (Å²) in [5.74, 6) is -0.0487. The molecule has 5 nitrogen and oxygen atoms in total. The smallest absolute Gasteiger partial charge is 0.237 e. The van der Waals surface area contributed by atoms with E-state index in [0.717, 1.165) is 58.0 Å². The minimum atomic E-state index is -0.384. The molecule has 1 saturated heterocycles. The maximum Gasteiger partial charge on any atom is 0.237 e. The molecule has 0 aromatic heterocycles. The third-order valence-electron chi connectivity index (χ3n) is 5.46. The maximum absolute atomic E-state index is 12.8. The number of nitrogens with two attached hydrogens (primary N) is 1. The molecule has 0 aromatic carbocycles. The molecule has 3 rings (SSSR count). The Balaban J connectivity index is 1.67. The van der Waals surface area contributed by atoms with E-state index in [1.807, 2.05) is 0 Å².